The monoisotopic (exact) mass is 508 g/mol. The van der Waals surface area contributed by atoms with E-state index in [4.69, 9.17) is 0 Å². The highest BCUT2D eigenvalue weighted by atomic mass is 32.1. The summed E-state index contributed by atoms with van der Waals surface area (Å²) < 4.78 is 0. The molecule has 0 saturated heterocycles. The Kier molecular flexibility index (Phi) is 5.28. The van der Waals surface area contributed by atoms with E-state index in [1.54, 1.807) is 0 Å². The molecule has 0 aromatic heterocycles. The van der Waals surface area contributed by atoms with Gasteiger partial charge in [0.1, 0.15) is 0 Å². The van der Waals surface area contributed by atoms with Crippen LogP contribution in [0.25, 0.3) is 33.0 Å². The van der Waals surface area contributed by atoms with Gasteiger partial charge in [-0.1, -0.05) is 97.1 Å². The summed E-state index contributed by atoms with van der Waals surface area (Å²) in [6.45, 7) is 0. The summed E-state index contributed by atoms with van der Waals surface area (Å²) >= 11 is 9.19. The first kappa shape index (κ1) is 22.5. The van der Waals surface area contributed by atoms with Crippen LogP contribution in [0.4, 0.5) is 0 Å². The fourth-order valence-corrected chi connectivity index (χ4v) is 6.34. The Morgan fingerprint density at radius 1 is 0.405 bits per heavy atom. The maximum atomic E-state index is 4.60. The number of thiol groups is 2. The highest BCUT2D eigenvalue weighted by Crippen LogP contribution is 2.56. The average molecular weight is 509 g/mol. The number of fused-ring (bicyclic) bond motifs is 4. The van der Waals surface area contributed by atoms with E-state index < -0.39 is 5.41 Å². The van der Waals surface area contributed by atoms with Gasteiger partial charge in [0.25, 0.3) is 0 Å². The average Bonchev–Trinajstić information content (AvgIpc) is 3.24. The van der Waals surface area contributed by atoms with Gasteiger partial charge >= 0.3 is 0 Å². The van der Waals surface area contributed by atoms with Crippen molar-refractivity contribution in [2.45, 2.75) is 15.2 Å². The molecule has 0 unspecified atom stereocenters. The quantitative estimate of drug-likeness (QED) is 0.218. The van der Waals surface area contributed by atoms with Crippen LogP contribution < -0.4 is 0 Å². The van der Waals surface area contributed by atoms with E-state index in [-0.39, 0.29) is 0 Å². The second-order valence-corrected chi connectivity index (χ2v) is 10.7. The maximum absolute atomic E-state index is 4.60. The Hall–Kier alpha value is -3.72. The van der Waals surface area contributed by atoms with Crippen molar-refractivity contribution in [2.24, 2.45) is 0 Å². The van der Waals surface area contributed by atoms with Crippen molar-refractivity contribution in [1.29, 1.82) is 0 Å². The third-order valence-corrected chi connectivity index (χ3v) is 8.32. The van der Waals surface area contributed by atoms with Crippen molar-refractivity contribution in [2.75, 3.05) is 0 Å². The third kappa shape index (κ3) is 3.48. The van der Waals surface area contributed by atoms with Crippen molar-refractivity contribution in [3.8, 4) is 22.3 Å². The first-order valence-electron chi connectivity index (χ1n) is 12.5. The fraction of sp³-hybridized carbons (Fsp3) is 0.0286. The summed E-state index contributed by atoms with van der Waals surface area (Å²) in [5.74, 6) is 0. The summed E-state index contributed by atoms with van der Waals surface area (Å²) in [7, 11) is 0. The van der Waals surface area contributed by atoms with Gasteiger partial charge < -0.3 is 0 Å². The molecule has 7 rings (SSSR count). The van der Waals surface area contributed by atoms with Gasteiger partial charge in [-0.05, 0) is 91.7 Å². The van der Waals surface area contributed by atoms with Crippen molar-refractivity contribution in [3.05, 3.63) is 156 Å². The van der Waals surface area contributed by atoms with Gasteiger partial charge in [0.15, 0.2) is 0 Å². The normalized spacial score (nSPS) is 13.4. The van der Waals surface area contributed by atoms with E-state index in [9.17, 15) is 0 Å². The predicted octanol–water partition coefficient (Wildman–Crippen LogP) is 9.45. The molecule has 6 aromatic carbocycles. The number of rotatable bonds is 3. The Balaban J connectivity index is 1.55. The van der Waals surface area contributed by atoms with Gasteiger partial charge in [0.05, 0.1) is 5.41 Å². The van der Waals surface area contributed by atoms with Gasteiger partial charge in [0, 0.05) is 9.79 Å². The summed E-state index contributed by atoms with van der Waals surface area (Å²) in [5, 5.41) is 2.51. The molecule has 0 atom stereocenters. The molecule has 0 nitrogen and oxygen atoms in total. The van der Waals surface area contributed by atoms with Gasteiger partial charge in [-0.3, -0.25) is 0 Å². The number of hydrogen-bond acceptors (Lipinski definition) is 2. The number of hydrogen-bond donors (Lipinski definition) is 2. The molecule has 6 aromatic rings. The molecule has 0 fully saturated rings. The summed E-state index contributed by atoms with van der Waals surface area (Å²) in [6.07, 6.45) is 0. The molecular formula is C35H24S2. The van der Waals surface area contributed by atoms with Crippen LogP contribution in [-0.4, -0.2) is 0 Å². The first-order chi connectivity index (χ1) is 18.1. The second-order valence-electron chi connectivity index (χ2n) is 9.71. The molecule has 0 radical (unpaired) electrons. The standard InChI is InChI=1S/C35H24S2/c36-29-16-12-27(13-17-29)35(28-14-18-30(37)19-15-28)33-8-4-3-7-31(33)32-20-11-26(22-34(32)35)25-10-9-23-5-1-2-6-24(23)21-25/h1-22,36-37H. The zero-order valence-electron chi connectivity index (χ0n) is 20.1. The fourth-order valence-electron chi connectivity index (χ4n) is 6.04. The van der Waals surface area contributed by atoms with E-state index in [0.29, 0.717) is 0 Å². The molecule has 0 spiro atoms. The first-order valence-corrected chi connectivity index (χ1v) is 13.4. The molecule has 37 heavy (non-hydrogen) atoms. The predicted molar refractivity (Wildman–Crippen MR) is 161 cm³/mol. The molecule has 0 N–H and O–H groups in total. The van der Waals surface area contributed by atoms with Crippen LogP contribution in [0.15, 0.2) is 143 Å². The molecule has 176 valence electrons. The maximum Gasteiger partial charge on any atom is 0.0713 e. The van der Waals surface area contributed by atoms with Crippen LogP contribution in [0.5, 0.6) is 0 Å². The summed E-state index contributed by atoms with van der Waals surface area (Å²) in [6, 6.07) is 48.4. The van der Waals surface area contributed by atoms with Crippen LogP contribution >= 0.6 is 25.3 Å². The third-order valence-electron chi connectivity index (χ3n) is 7.73. The van der Waals surface area contributed by atoms with Crippen LogP contribution in [0.1, 0.15) is 22.3 Å². The lowest BCUT2D eigenvalue weighted by Crippen LogP contribution is -2.28. The van der Waals surface area contributed by atoms with E-state index >= 15 is 0 Å². The zero-order valence-corrected chi connectivity index (χ0v) is 21.9. The van der Waals surface area contributed by atoms with E-state index in [1.165, 1.54) is 55.3 Å². The van der Waals surface area contributed by atoms with Gasteiger partial charge in [-0.25, -0.2) is 0 Å². The van der Waals surface area contributed by atoms with Crippen molar-refractivity contribution in [1.82, 2.24) is 0 Å². The molecule has 0 aliphatic heterocycles. The highest BCUT2D eigenvalue weighted by Gasteiger charge is 2.46. The Labute approximate surface area is 228 Å². The van der Waals surface area contributed by atoms with Gasteiger partial charge in [-0.15, -0.1) is 25.3 Å². The smallest absolute Gasteiger partial charge is 0.0713 e. The minimum Gasteiger partial charge on any atom is -0.143 e. The lowest BCUT2D eigenvalue weighted by Gasteiger charge is -2.34. The van der Waals surface area contributed by atoms with E-state index in [1.807, 2.05) is 0 Å². The van der Waals surface area contributed by atoms with Gasteiger partial charge in [0.2, 0.25) is 0 Å². The van der Waals surface area contributed by atoms with Crippen molar-refractivity contribution in [3.63, 3.8) is 0 Å². The Morgan fingerprint density at radius 2 is 0.946 bits per heavy atom. The van der Waals surface area contributed by atoms with Crippen molar-refractivity contribution < 1.29 is 0 Å². The Bertz CT molecular complexity index is 1730. The summed E-state index contributed by atoms with van der Waals surface area (Å²) in [4.78, 5) is 1.92. The largest absolute Gasteiger partial charge is 0.143 e. The molecule has 0 bridgehead atoms. The van der Waals surface area contributed by atoms with Crippen LogP contribution in [-0.2, 0) is 5.41 Å². The lowest BCUT2D eigenvalue weighted by atomic mass is 9.67. The zero-order chi connectivity index (χ0) is 25.0. The van der Waals surface area contributed by atoms with E-state index in [0.717, 1.165) is 9.79 Å². The molecule has 0 amide bonds. The SMILES string of the molecule is Sc1ccc(C2(c3ccc(S)cc3)c3ccccc3-c3ccc(-c4ccc5ccccc5c4)cc32)cc1. The Morgan fingerprint density at radius 3 is 1.65 bits per heavy atom. The second kappa shape index (κ2) is 8.69. The number of benzene rings is 6. The molecule has 1 aliphatic rings. The van der Waals surface area contributed by atoms with Crippen LogP contribution in [0, 0.1) is 0 Å². The van der Waals surface area contributed by atoms with Crippen LogP contribution in [0.2, 0.25) is 0 Å². The molecule has 1 aliphatic carbocycles. The minimum absolute atomic E-state index is 0.443. The molecule has 0 saturated carbocycles. The van der Waals surface area contributed by atoms with E-state index in [2.05, 4.69) is 159 Å². The summed E-state index contributed by atoms with van der Waals surface area (Å²) in [5.41, 5.74) is 9.65. The molecular weight excluding hydrogens is 485 g/mol. The van der Waals surface area contributed by atoms with Crippen LogP contribution in [0.3, 0.4) is 0 Å². The molecule has 2 heteroatoms. The topological polar surface area (TPSA) is 0 Å². The lowest BCUT2D eigenvalue weighted by molar-refractivity contribution is 0.766. The van der Waals surface area contributed by atoms with Crippen molar-refractivity contribution >= 4 is 36.0 Å². The van der Waals surface area contributed by atoms with Gasteiger partial charge in [-0.2, -0.15) is 0 Å². The highest BCUT2D eigenvalue weighted by molar-refractivity contribution is 7.80. The molecule has 0 heterocycles. The minimum atomic E-state index is -0.443.